The molecule has 4 aliphatic rings. The Balaban J connectivity index is 1.74. The molecule has 0 aromatic heterocycles. The Bertz CT molecular complexity index is 618. The third-order valence-corrected chi connectivity index (χ3v) is 5.85. The highest BCUT2D eigenvalue weighted by Gasteiger charge is 2.61. The third-order valence-electron chi connectivity index (χ3n) is 5.50. The number of carbonyl (C=O) groups excluding carboxylic acids is 2. The Morgan fingerprint density at radius 3 is 2.19 bits per heavy atom. The summed E-state index contributed by atoms with van der Waals surface area (Å²) < 4.78 is 17.2. The second-order valence-corrected chi connectivity index (χ2v) is 13.0. The largest absolute Gasteiger partial charge is 0.456 e. The van der Waals surface area contributed by atoms with Crippen LogP contribution in [-0.2, 0) is 23.8 Å². The van der Waals surface area contributed by atoms with Gasteiger partial charge in [0, 0.05) is 12.0 Å². The quantitative estimate of drug-likeness (QED) is 0.308. The predicted octanol–water partition coefficient (Wildman–Crippen LogP) is 2.28. The summed E-state index contributed by atoms with van der Waals surface area (Å²) in [5.74, 6) is -0.137. The molecule has 0 aromatic rings. The number of nitrogens with two attached hydrogens (primary N) is 1. The molecule has 0 aromatic carbocycles. The topological polar surface area (TPSA) is 87.9 Å². The fourth-order valence-corrected chi connectivity index (χ4v) is 5.54. The lowest BCUT2D eigenvalue weighted by Gasteiger charge is -2.60. The molecule has 9 heteroatoms. The Hall–Kier alpha value is -0.110. The van der Waals surface area contributed by atoms with Crippen LogP contribution in [0.25, 0.3) is 0 Å². The lowest BCUT2D eigenvalue weighted by molar-refractivity contribution is -0.245. The number of hydrogen-bond acceptors (Lipinski definition) is 6. The second-order valence-electron chi connectivity index (χ2n) is 8.31. The maximum atomic E-state index is 12.2. The molecule has 0 spiro atoms. The fourth-order valence-electron chi connectivity index (χ4n) is 5.19. The van der Waals surface area contributed by atoms with Gasteiger partial charge >= 0.3 is 11.9 Å². The first kappa shape index (κ1) is 20.6. The molecule has 0 radical (unpaired) electrons. The fraction of sp³-hybridized carbons (Fsp3) is 0.765. The zero-order valence-electron chi connectivity index (χ0n) is 15.0. The van der Waals surface area contributed by atoms with Crippen molar-refractivity contribution < 1.29 is 23.8 Å². The first-order valence-corrected chi connectivity index (χ1v) is 10.6. The van der Waals surface area contributed by atoms with Gasteiger partial charge in [-0.2, -0.15) is 0 Å². The summed E-state index contributed by atoms with van der Waals surface area (Å²) >= 11 is 0. The van der Waals surface area contributed by atoms with Crippen LogP contribution in [0.15, 0.2) is 12.2 Å². The van der Waals surface area contributed by atoms with Crippen LogP contribution in [0.5, 0.6) is 0 Å². The van der Waals surface area contributed by atoms with E-state index < -0.39 is 28.2 Å². The number of ether oxygens (including phenoxy) is 3. The van der Waals surface area contributed by atoms with E-state index in [-0.39, 0.29) is 5.97 Å². The van der Waals surface area contributed by atoms with Crippen LogP contribution in [0.2, 0.25) is 0 Å². The van der Waals surface area contributed by atoms with Crippen molar-refractivity contribution >= 4 is 39.7 Å². The molecule has 6 unspecified atom stereocenters. The summed E-state index contributed by atoms with van der Waals surface area (Å²) in [4.78, 5) is 23.5. The Morgan fingerprint density at radius 1 is 1.15 bits per heavy atom. The molecule has 26 heavy (non-hydrogen) atoms. The highest BCUT2D eigenvalue weighted by Crippen LogP contribution is 2.60. The number of esters is 2. The highest BCUT2D eigenvalue weighted by atomic mass is 31.1. The van der Waals surface area contributed by atoms with Gasteiger partial charge in [-0.3, -0.25) is 5.73 Å². The summed E-state index contributed by atoms with van der Waals surface area (Å²) in [6.45, 7) is 5.34. The van der Waals surface area contributed by atoms with Gasteiger partial charge in [0.05, 0.1) is 5.60 Å². The van der Waals surface area contributed by atoms with Gasteiger partial charge in [0.15, 0.2) is 0 Å². The Labute approximate surface area is 161 Å². The van der Waals surface area contributed by atoms with Gasteiger partial charge in [0.1, 0.15) is 10.4 Å². The van der Waals surface area contributed by atoms with Crippen molar-refractivity contribution in [3.05, 3.63) is 12.2 Å². The summed E-state index contributed by atoms with van der Waals surface area (Å²) in [5.41, 5.74) is 5.32. The minimum Gasteiger partial charge on any atom is -0.456 e. The van der Waals surface area contributed by atoms with Gasteiger partial charge in [-0.1, -0.05) is 34.3 Å². The molecule has 0 aliphatic heterocycles. The predicted molar refractivity (Wildman–Crippen MR) is 108 cm³/mol. The molecule has 4 aliphatic carbocycles. The van der Waals surface area contributed by atoms with E-state index in [0.29, 0.717) is 23.8 Å². The molecule has 4 saturated carbocycles. The molecule has 6 atom stereocenters. The minimum atomic E-state index is -1.17. The summed E-state index contributed by atoms with van der Waals surface area (Å²) in [6, 6.07) is 0. The maximum absolute atomic E-state index is 12.2. The van der Waals surface area contributed by atoms with Gasteiger partial charge in [0.2, 0.25) is 6.23 Å². The standard InChI is InChI=1S/C17H28NO5P3/c1-9(2)13(19)22-16-6-10-3-11(7-16)5-15(4-10,8-16)21-12(18)14(20)23-17(24,25)26/h10-12H,1,3-8,18,24-26H2,2H3. The van der Waals surface area contributed by atoms with Crippen molar-refractivity contribution in [2.24, 2.45) is 17.6 Å². The highest BCUT2D eigenvalue weighted by molar-refractivity contribution is 7.57. The molecule has 146 valence electrons. The SMILES string of the molecule is C=C(C)C(=O)OC12CC3CC(C1)CC(OC(N)C(=O)OC(P)(P)P)(C3)C2. The van der Waals surface area contributed by atoms with E-state index >= 15 is 0 Å². The summed E-state index contributed by atoms with van der Waals surface area (Å²) in [5, 5.41) is 0. The normalized spacial score (nSPS) is 36.5. The van der Waals surface area contributed by atoms with E-state index in [2.05, 4.69) is 34.3 Å². The van der Waals surface area contributed by atoms with E-state index in [1.165, 1.54) is 0 Å². The average Bonchev–Trinajstić information content (AvgIpc) is 2.42. The van der Waals surface area contributed by atoms with Crippen LogP contribution >= 0.6 is 27.7 Å². The molecule has 6 nitrogen and oxygen atoms in total. The minimum absolute atomic E-state index is 0.357. The van der Waals surface area contributed by atoms with E-state index in [1.807, 2.05) is 0 Å². The number of hydrogen-bond donors (Lipinski definition) is 1. The Kier molecular flexibility index (Phi) is 5.59. The molecular weight excluding hydrogens is 391 g/mol. The van der Waals surface area contributed by atoms with Gasteiger partial charge in [-0.05, 0) is 50.9 Å². The molecular formula is C17H28NO5P3. The third kappa shape index (κ3) is 4.47. The number of carbonyl (C=O) groups is 2. The molecule has 0 amide bonds. The van der Waals surface area contributed by atoms with E-state index in [9.17, 15) is 9.59 Å². The number of rotatable bonds is 6. The second kappa shape index (κ2) is 7.05. The lowest BCUT2D eigenvalue weighted by atomic mass is 9.52. The zero-order valence-corrected chi connectivity index (χ0v) is 18.5. The van der Waals surface area contributed by atoms with Crippen molar-refractivity contribution in [3.63, 3.8) is 0 Å². The summed E-state index contributed by atoms with van der Waals surface area (Å²) in [7, 11) is 7.14. The van der Waals surface area contributed by atoms with Crippen LogP contribution in [-0.4, -0.2) is 34.2 Å². The van der Waals surface area contributed by atoms with Gasteiger partial charge < -0.3 is 14.2 Å². The van der Waals surface area contributed by atoms with Crippen molar-refractivity contribution in [3.8, 4) is 0 Å². The molecule has 2 N–H and O–H groups in total. The molecule has 0 heterocycles. The van der Waals surface area contributed by atoms with Gasteiger partial charge in [-0.25, -0.2) is 9.59 Å². The van der Waals surface area contributed by atoms with Crippen LogP contribution in [0.3, 0.4) is 0 Å². The van der Waals surface area contributed by atoms with Crippen LogP contribution < -0.4 is 5.73 Å². The van der Waals surface area contributed by atoms with Crippen LogP contribution in [0.4, 0.5) is 0 Å². The first-order valence-electron chi connectivity index (χ1n) is 8.83. The van der Waals surface area contributed by atoms with E-state index in [0.717, 1.165) is 32.1 Å². The molecule has 0 saturated heterocycles. The smallest absolute Gasteiger partial charge is 0.351 e. The zero-order chi connectivity index (χ0) is 19.3. The maximum Gasteiger partial charge on any atom is 0.351 e. The summed E-state index contributed by atoms with van der Waals surface area (Å²) in [6.07, 6.45) is 3.89. The van der Waals surface area contributed by atoms with E-state index in [4.69, 9.17) is 19.9 Å². The lowest BCUT2D eigenvalue weighted by Crippen LogP contribution is -2.63. The van der Waals surface area contributed by atoms with Crippen molar-refractivity contribution in [1.82, 2.24) is 0 Å². The van der Waals surface area contributed by atoms with Gasteiger partial charge in [0.25, 0.3) is 0 Å². The molecule has 4 rings (SSSR count). The average molecular weight is 419 g/mol. The first-order chi connectivity index (χ1) is 11.9. The van der Waals surface area contributed by atoms with Gasteiger partial charge in [-0.15, -0.1) is 0 Å². The molecule has 4 fully saturated rings. The van der Waals surface area contributed by atoms with Crippen molar-refractivity contribution in [2.75, 3.05) is 0 Å². The monoisotopic (exact) mass is 419 g/mol. The van der Waals surface area contributed by atoms with Crippen molar-refractivity contribution in [1.29, 1.82) is 0 Å². The van der Waals surface area contributed by atoms with Crippen molar-refractivity contribution in [2.45, 2.75) is 67.7 Å². The van der Waals surface area contributed by atoms with Crippen LogP contribution in [0, 0.1) is 11.8 Å². The molecule has 4 bridgehead atoms. The van der Waals surface area contributed by atoms with E-state index in [1.54, 1.807) is 6.92 Å². The Morgan fingerprint density at radius 2 is 1.69 bits per heavy atom. The van der Waals surface area contributed by atoms with Crippen LogP contribution in [0.1, 0.15) is 45.4 Å².